The summed E-state index contributed by atoms with van der Waals surface area (Å²) < 4.78 is 0. The highest BCUT2D eigenvalue weighted by molar-refractivity contribution is 6.63. The van der Waals surface area contributed by atoms with E-state index in [9.17, 15) is 0 Å². The van der Waals surface area contributed by atoms with Crippen molar-refractivity contribution in [1.29, 1.82) is 0 Å². The molecule has 1 aliphatic carbocycles. The highest BCUT2D eigenvalue weighted by Gasteiger charge is 2.25. The van der Waals surface area contributed by atoms with Crippen LogP contribution in [0.25, 0.3) is 22.3 Å². The molecule has 1 unspecified atom stereocenters. The Kier molecular flexibility index (Phi) is 18.3. The summed E-state index contributed by atoms with van der Waals surface area (Å²) in [7, 11) is -0.683. The van der Waals surface area contributed by atoms with Gasteiger partial charge in [-0.15, -0.1) is 0 Å². The minimum absolute atomic E-state index is 0.573. The van der Waals surface area contributed by atoms with Gasteiger partial charge >= 0.3 is 0 Å². The molecule has 0 N–H and O–H groups in total. The molecule has 0 radical (unpaired) electrons. The molecule has 1 aliphatic rings. The largest absolute Gasteiger partial charge is 0.0843 e. The lowest BCUT2D eigenvalue weighted by atomic mass is 9.88. The molecule has 0 heterocycles. The predicted octanol–water partition coefficient (Wildman–Crippen LogP) is 14.6. The lowest BCUT2D eigenvalue weighted by Crippen LogP contribution is -2.23. The van der Waals surface area contributed by atoms with Crippen LogP contribution in [0.4, 0.5) is 0 Å². The van der Waals surface area contributed by atoms with Crippen LogP contribution in [0, 0.1) is 5.92 Å². The molecule has 0 nitrogen and oxygen atoms in total. The topological polar surface area (TPSA) is 0 Å². The number of allylic oxidation sites excluding steroid dienone is 4. The van der Waals surface area contributed by atoms with Gasteiger partial charge in [-0.25, -0.2) is 0 Å². The van der Waals surface area contributed by atoms with Crippen LogP contribution in [0.3, 0.4) is 0 Å². The van der Waals surface area contributed by atoms with E-state index in [1.54, 1.807) is 54.9 Å². The van der Waals surface area contributed by atoms with E-state index in [4.69, 9.17) is 0 Å². The predicted molar refractivity (Wildman–Crippen MR) is 237 cm³/mol. The Morgan fingerprint density at radius 3 is 1.29 bits per heavy atom. The quantitative estimate of drug-likeness (QED) is 0.0639. The molecule has 0 saturated heterocycles. The van der Waals surface area contributed by atoms with E-state index in [0.717, 1.165) is 0 Å². The van der Waals surface area contributed by atoms with E-state index >= 15 is 0 Å². The van der Waals surface area contributed by atoms with Gasteiger partial charge in [-0.1, -0.05) is 188 Å². The zero-order valence-electron chi connectivity index (χ0n) is 35.1. The normalized spacial score (nSPS) is 14.9. The van der Waals surface area contributed by atoms with Gasteiger partial charge in [0.1, 0.15) is 0 Å². The first-order chi connectivity index (χ1) is 25.3. The van der Waals surface area contributed by atoms with E-state index in [1.165, 1.54) is 145 Å². The number of benzene rings is 3. The summed E-state index contributed by atoms with van der Waals surface area (Å²) in [6.07, 6.45) is 25.9. The van der Waals surface area contributed by atoms with Gasteiger partial charge in [0.05, 0.1) is 9.52 Å². The van der Waals surface area contributed by atoms with Crippen molar-refractivity contribution < 1.29 is 0 Å². The summed E-state index contributed by atoms with van der Waals surface area (Å²) in [6.45, 7) is 18.9. The van der Waals surface area contributed by atoms with Crippen LogP contribution in [0.1, 0.15) is 180 Å². The lowest BCUT2D eigenvalue weighted by molar-refractivity contribution is 0.661. The maximum atomic E-state index is 2.62. The Hall–Kier alpha value is -2.64. The zero-order chi connectivity index (χ0) is 37.3. The highest BCUT2D eigenvalue weighted by atomic mass is 28.2. The fourth-order valence-electron chi connectivity index (χ4n) is 8.69. The zero-order valence-corrected chi connectivity index (χ0v) is 36.5. The van der Waals surface area contributed by atoms with Crippen molar-refractivity contribution in [1.82, 2.24) is 0 Å². The maximum Gasteiger partial charge on any atom is 0.0843 e. The minimum atomic E-state index is -0.683. The smallest absolute Gasteiger partial charge is 0.0727 e. The molecule has 1 atom stereocenters. The molecule has 3 aromatic rings. The van der Waals surface area contributed by atoms with Crippen LogP contribution in [-0.2, 0) is 25.7 Å². The van der Waals surface area contributed by atoms with Crippen molar-refractivity contribution in [3.8, 4) is 22.3 Å². The average Bonchev–Trinajstić information content (AvgIpc) is 3.33. The number of hydrogen-bond acceptors (Lipinski definition) is 0. The number of hydrogen-bond donors (Lipinski definition) is 0. The monoisotopic (exact) mass is 717 g/mol. The summed E-state index contributed by atoms with van der Waals surface area (Å²) in [5.41, 5.74) is 16.9. The molecule has 0 aromatic heterocycles. The highest BCUT2D eigenvalue weighted by Crippen LogP contribution is 2.38. The molecule has 4 rings (SSSR count). The van der Waals surface area contributed by atoms with Crippen LogP contribution in [0.15, 0.2) is 76.5 Å². The number of aryl methyl sites for hydroxylation is 4. The molecule has 284 valence electrons. The van der Waals surface area contributed by atoms with Crippen molar-refractivity contribution in [2.45, 2.75) is 184 Å². The van der Waals surface area contributed by atoms with E-state index in [0.29, 0.717) is 5.92 Å². The Morgan fingerprint density at radius 2 is 0.904 bits per heavy atom. The van der Waals surface area contributed by atoms with Crippen LogP contribution in [0.5, 0.6) is 0 Å². The molecule has 0 bridgehead atoms. The maximum absolute atomic E-state index is 2.62. The van der Waals surface area contributed by atoms with Gasteiger partial charge < -0.3 is 0 Å². The first-order valence-electron chi connectivity index (χ1n) is 22.1. The van der Waals surface area contributed by atoms with Crippen LogP contribution in [-0.4, -0.2) is 9.52 Å². The Morgan fingerprint density at radius 1 is 0.481 bits per heavy atom. The molecule has 0 aliphatic heterocycles. The van der Waals surface area contributed by atoms with E-state index in [2.05, 4.69) is 110 Å². The van der Waals surface area contributed by atoms with Crippen molar-refractivity contribution in [2.75, 3.05) is 0 Å². The molecule has 3 aromatic carbocycles. The van der Waals surface area contributed by atoms with Gasteiger partial charge in [-0.2, -0.15) is 0 Å². The SMILES string of the molecule is CCCCCCc1cc(CCCCCC)cc(-c2cccc([SiH2]C3=C(C)C(C)=C(C)C3C)c2-c2cc(CCCCCC)cc(CCCCCC)c2)c1. The van der Waals surface area contributed by atoms with Crippen molar-refractivity contribution in [3.05, 3.63) is 98.8 Å². The van der Waals surface area contributed by atoms with Gasteiger partial charge in [-0.05, 0) is 128 Å². The molecular weight excluding hydrogens is 641 g/mol. The first-order valence-corrected chi connectivity index (χ1v) is 23.5. The number of unbranched alkanes of at least 4 members (excludes halogenated alkanes) is 12. The fourth-order valence-corrected chi connectivity index (χ4v) is 11.1. The van der Waals surface area contributed by atoms with Crippen LogP contribution in [0.2, 0.25) is 0 Å². The first kappa shape index (κ1) is 42.1. The fraction of sp³-hybridized carbons (Fsp3) is 0.569. The molecule has 1 heteroatoms. The molecule has 0 fully saturated rings. The summed E-state index contributed by atoms with van der Waals surface area (Å²) in [4.78, 5) is 0. The summed E-state index contributed by atoms with van der Waals surface area (Å²) >= 11 is 0. The number of rotatable bonds is 24. The molecule has 0 spiro atoms. The van der Waals surface area contributed by atoms with Gasteiger partial charge in [0.15, 0.2) is 0 Å². The third-order valence-corrected chi connectivity index (χ3v) is 14.8. The second-order valence-corrected chi connectivity index (χ2v) is 18.4. The lowest BCUT2D eigenvalue weighted by Gasteiger charge is -2.21. The minimum Gasteiger partial charge on any atom is -0.0727 e. The van der Waals surface area contributed by atoms with Gasteiger partial charge in [0, 0.05) is 0 Å². The Bertz CT molecular complexity index is 1540. The summed E-state index contributed by atoms with van der Waals surface area (Å²) in [5.74, 6) is 0.573. The van der Waals surface area contributed by atoms with Gasteiger partial charge in [0.2, 0.25) is 0 Å². The van der Waals surface area contributed by atoms with Crippen molar-refractivity contribution >= 4 is 14.7 Å². The Labute approximate surface area is 324 Å². The summed E-state index contributed by atoms with van der Waals surface area (Å²) in [6, 6.07) is 23.0. The molecular formula is C51H76Si. The molecule has 0 amide bonds. The van der Waals surface area contributed by atoms with Crippen molar-refractivity contribution in [2.24, 2.45) is 5.92 Å². The molecule has 0 saturated carbocycles. The Balaban J connectivity index is 1.88. The third-order valence-electron chi connectivity index (χ3n) is 12.3. The van der Waals surface area contributed by atoms with Gasteiger partial charge in [-0.3, -0.25) is 0 Å². The summed E-state index contributed by atoms with van der Waals surface area (Å²) in [5, 5.41) is 3.39. The van der Waals surface area contributed by atoms with E-state index in [-0.39, 0.29) is 0 Å². The third kappa shape index (κ3) is 12.2. The van der Waals surface area contributed by atoms with Crippen LogP contribution >= 0.6 is 0 Å². The second kappa shape index (κ2) is 22.5. The standard InChI is InChI=1S/C51H76Si/c1-9-13-17-21-26-42-32-43(27-22-18-14-10-2)35-46(34-42)48-30-25-31-49(52-51-40(7)38(5)39(6)41(51)8)50(48)47-36-44(28-23-19-15-11-3)33-45(37-47)29-24-20-16-12-4/h25,30-37,40H,9-24,26-29,52H2,1-8H3. The van der Waals surface area contributed by atoms with Crippen molar-refractivity contribution in [3.63, 3.8) is 0 Å². The van der Waals surface area contributed by atoms with Gasteiger partial charge in [0.25, 0.3) is 0 Å². The molecule has 52 heavy (non-hydrogen) atoms. The van der Waals surface area contributed by atoms with Crippen LogP contribution < -0.4 is 5.19 Å². The van der Waals surface area contributed by atoms with E-state index in [1.807, 2.05) is 0 Å². The second-order valence-electron chi connectivity index (χ2n) is 16.5. The average molecular weight is 717 g/mol. The van der Waals surface area contributed by atoms with E-state index < -0.39 is 9.52 Å².